The Morgan fingerprint density at radius 1 is 1.35 bits per heavy atom. The standard InChI is InChI=1S/C16H19N5O2/c1-11-2-4-20-9-12(18-14(20)8-11)16(23)21-7-6-19-5-3-17-15(22)13(19)10-21/h2,4,8-9,13H,3,5-7,10H2,1H3,(H,17,22)/t13-/m1/s1. The van der Waals surface area contributed by atoms with Crippen molar-refractivity contribution in [2.24, 2.45) is 0 Å². The van der Waals surface area contributed by atoms with Gasteiger partial charge in [-0.3, -0.25) is 14.5 Å². The van der Waals surface area contributed by atoms with Gasteiger partial charge in [-0.25, -0.2) is 4.98 Å². The molecule has 7 nitrogen and oxygen atoms in total. The van der Waals surface area contributed by atoms with Crippen LogP contribution in [-0.4, -0.2) is 69.8 Å². The zero-order valence-electron chi connectivity index (χ0n) is 13.0. The van der Waals surface area contributed by atoms with Crippen LogP contribution in [0.1, 0.15) is 16.1 Å². The van der Waals surface area contributed by atoms with Crippen LogP contribution in [0.3, 0.4) is 0 Å². The molecule has 0 radical (unpaired) electrons. The number of amides is 2. The number of carbonyl (C=O) groups excluding carboxylic acids is 2. The fraction of sp³-hybridized carbons (Fsp3) is 0.438. The average molecular weight is 313 g/mol. The number of aromatic nitrogens is 2. The average Bonchev–Trinajstić information content (AvgIpc) is 2.97. The lowest BCUT2D eigenvalue weighted by molar-refractivity contribution is -0.131. The molecule has 2 aliphatic rings. The summed E-state index contributed by atoms with van der Waals surface area (Å²) >= 11 is 0. The van der Waals surface area contributed by atoms with E-state index in [1.54, 1.807) is 11.1 Å². The number of hydrogen-bond acceptors (Lipinski definition) is 4. The largest absolute Gasteiger partial charge is 0.353 e. The molecule has 2 amide bonds. The van der Waals surface area contributed by atoms with Crippen LogP contribution < -0.4 is 5.32 Å². The molecule has 4 heterocycles. The van der Waals surface area contributed by atoms with Crippen LogP contribution in [0.15, 0.2) is 24.5 Å². The molecule has 2 saturated heterocycles. The number of hydrogen-bond donors (Lipinski definition) is 1. The van der Waals surface area contributed by atoms with Gasteiger partial charge in [-0.15, -0.1) is 0 Å². The van der Waals surface area contributed by atoms with Gasteiger partial charge in [0, 0.05) is 45.1 Å². The summed E-state index contributed by atoms with van der Waals surface area (Å²) in [6.45, 7) is 5.33. The molecule has 0 aliphatic carbocycles. The highest BCUT2D eigenvalue weighted by atomic mass is 16.2. The molecule has 0 saturated carbocycles. The van der Waals surface area contributed by atoms with Crippen LogP contribution in [0.5, 0.6) is 0 Å². The molecule has 0 bridgehead atoms. The summed E-state index contributed by atoms with van der Waals surface area (Å²) in [7, 11) is 0. The Kier molecular flexibility index (Phi) is 3.30. The fourth-order valence-electron chi connectivity index (χ4n) is 3.31. The summed E-state index contributed by atoms with van der Waals surface area (Å²) in [6.07, 6.45) is 3.66. The monoisotopic (exact) mass is 313 g/mol. The van der Waals surface area contributed by atoms with E-state index in [0.717, 1.165) is 24.3 Å². The third-order valence-electron chi connectivity index (χ3n) is 4.61. The number of nitrogens with zero attached hydrogens (tertiary/aromatic N) is 4. The van der Waals surface area contributed by atoms with Crippen LogP contribution >= 0.6 is 0 Å². The summed E-state index contributed by atoms with van der Waals surface area (Å²) in [5.41, 5.74) is 2.30. The van der Waals surface area contributed by atoms with Gasteiger partial charge in [0.2, 0.25) is 5.91 Å². The van der Waals surface area contributed by atoms with Gasteiger partial charge in [-0.2, -0.15) is 0 Å². The van der Waals surface area contributed by atoms with Gasteiger partial charge in [0.05, 0.1) is 0 Å². The van der Waals surface area contributed by atoms with Crippen molar-refractivity contribution in [3.05, 3.63) is 35.8 Å². The number of pyridine rings is 1. The minimum Gasteiger partial charge on any atom is -0.353 e. The predicted molar refractivity (Wildman–Crippen MR) is 84.2 cm³/mol. The number of aryl methyl sites for hydroxylation is 1. The highest BCUT2D eigenvalue weighted by molar-refractivity contribution is 5.94. The van der Waals surface area contributed by atoms with Crippen molar-refractivity contribution in [1.29, 1.82) is 0 Å². The molecule has 1 N–H and O–H groups in total. The SMILES string of the molecule is Cc1ccn2cc(C(=O)N3CCN4CCNC(=O)[C@H]4C3)nc2c1. The van der Waals surface area contributed by atoms with Gasteiger partial charge in [-0.1, -0.05) is 0 Å². The first-order chi connectivity index (χ1) is 11.1. The van der Waals surface area contributed by atoms with Crippen LogP contribution in [0.2, 0.25) is 0 Å². The second kappa shape index (κ2) is 5.34. The number of carbonyl (C=O) groups is 2. The van der Waals surface area contributed by atoms with E-state index in [1.165, 1.54) is 0 Å². The first kappa shape index (κ1) is 14.2. The first-order valence-electron chi connectivity index (χ1n) is 7.88. The second-order valence-corrected chi connectivity index (χ2v) is 6.19. The van der Waals surface area contributed by atoms with E-state index < -0.39 is 0 Å². The van der Waals surface area contributed by atoms with E-state index >= 15 is 0 Å². The van der Waals surface area contributed by atoms with E-state index in [4.69, 9.17) is 0 Å². The number of imidazole rings is 1. The Morgan fingerprint density at radius 3 is 3.09 bits per heavy atom. The molecule has 2 fully saturated rings. The lowest BCUT2D eigenvalue weighted by Gasteiger charge is -2.42. The molecule has 2 aliphatic heterocycles. The number of piperazine rings is 2. The number of rotatable bonds is 1. The topological polar surface area (TPSA) is 70.0 Å². The molecule has 2 aromatic heterocycles. The van der Waals surface area contributed by atoms with Crippen molar-refractivity contribution in [1.82, 2.24) is 24.5 Å². The summed E-state index contributed by atoms with van der Waals surface area (Å²) in [5, 5.41) is 2.87. The Labute approximate surface area is 133 Å². The smallest absolute Gasteiger partial charge is 0.274 e. The van der Waals surface area contributed by atoms with E-state index in [-0.39, 0.29) is 17.9 Å². The van der Waals surface area contributed by atoms with Crippen LogP contribution in [-0.2, 0) is 4.79 Å². The maximum Gasteiger partial charge on any atom is 0.274 e. The van der Waals surface area contributed by atoms with Crippen molar-refractivity contribution < 1.29 is 9.59 Å². The van der Waals surface area contributed by atoms with Gasteiger partial charge in [0.15, 0.2) is 0 Å². The molecule has 2 aromatic rings. The van der Waals surface area contributed by atoms with Crippen molar-refractivity contribution >= 4 is 17.5 Å². The van der Waals surface area contributed by atoms with E-state index in [9.17, 15) is 9.59 Å². The first-order valence-corrected chi connectivity index (χ1v) is 7.88. The zero-order chi connectivity index (χ0) is 16.0. The lowest BCUT2D eigenvalue weighted by Crippen LogP contribution is -2.64. The van der Waals surface area contributed by atoms with E-state index in [0.29, 0.717) is 25.3 Å². The number of fused-ring (bicyclic) bond motifs is 2. The molecule has 0 unspecified atom stereocenters. The molecule has 1 atom stereocenters. The zero-order valence-corrected chi connectivity index (χ0v) is 13.0. The van der Waals surface area contributed by atoms with Crippen LogP contribution in [0.4, 0.5) is 0 Å². The Hall–Kier alpha value is -2.41. The van der Waals surface area contributed by atoms with Crippen molar-refractivity contribution in [3.8, 4) is 0 Å². The lowest BCUT2D eigenvalue weighted by atomic mass is 10.1. The molecule has 7 heteroatoms. The van der Waals surface area contributed by atoms with Gasteiger partial charge < -0.3 is 14.6 Å². The van der Waals surface area contributed by atoms with Crippen molar-refractivity contribution in [2.45, 2.75) is 13.0 Å². The highest BCUT2D eigenvalue weighted by Crippen LogP contribution is 2.16. The molecule has 0 aromatic carbocycles. The van der Waals surface area contributed by atoms with Gasteiger partial charge in [-0.05, 0) is 24.6 Å². The van der Waals surface area contributed by atoms with Gasteiger partial charge >= 0.3 is 0 Å². The minimum absolute atomic E-state index is 0.0133. The summed E-state index contributed by atoms with van der Waals surface area (Å²) < 4.78 is 1.85. The van der Waals surface area contributed by atoms with Crippen molar-refractivity contribution in [2.75, 3.05) is 32.7 Å². The summed E-state index contributed by atoms with van der Waals surface area (Å²) in [4.78, 5) is 33.1. The van der Waals surface area contributed by atoms with Crippen LogP contribution in [0.25, 0.3) is 5.65 Å². The van der Waals surface area contributed by atoms with Gasteiger partial charge in [0.1, 0.15) is 17.4 Å². The predicted octanol–water partition coefficient (Wildman–Crippen LogP) is -0.101. The second-order valence-electron chi connectivity index (χ2n) is 6.19. The third kappa shape index (κ3) is 2.46. The van der Waals surface area contributed by atoms with E-state index in [2.05, 4.69) is 15.2 Å². The Morgan fingerprint density at radius 2 is 2.22 bits per heavy atom. The Bertz CT molecular complexity index is 784. The van der Waals surface area contributed by atoms with Gasteiger partial charge in [0.25, 0.3) is 5.91 Å². The molecule has 4 rings (SSSR count). The van der Waals surface area contributed by atoms with E-state index in [1.807, 2.05) is 29.7 Å². The summed E-state index contributed by atoms with van der Waals surface area (Å²) in [6, 6.07) is 3.69. The summed E-state index contributed by atoms with van der Waals surface area (Å²) in [5.74, 6) is -0.0937. The molecule has 120 valence electrons. The third-order valence-corrected chi connectivity index (χ3v) is 4.61. The quantitative estimate of drug-likeness (QED) is 0.798. The Balaban J connectivity index is 1.57. The number of nitrogens with one attached hydrogen (secondary N) is 1. The highest BCUT2D eigenvalue weighted by Gasteiger charge is 2.36. The molecule has 0 spiro atoms. The normalized spacial score (nSPS) is 22.0. The minimum atomic E-state index is -0.235. The molecular formula is C16H19N5O2. The molecule has 23 heavy (non-hydrogen) atoms. The fourth-order valence-corrected chi connectivity index (χ4v) is 3.31. The maximum absolute atomic E-state index is 12.7. The van der Waals surface area contributed by atoms with Crippen LogP contribution in [0, 0.1) is 6.92 Å². The molecular weight excluding hydrogens is 294 g/mol. The maximum atomic E-state index is 12.7. The van der Waals surface area contributed by atoms with Crippen molar-refractivity contribution in [3.63, 3.8) is 0 Å².